The average Bonchev–Trinajstić information content (AvgIpc) is 2.46. The maximum atomic E-state index is 11.8. The van der Waals surface area contributed by atoms with Crippen LogP contribution >= 0.6 is 0 Å². The SMILES string of the molecule is N#Cc1cccn(CCCCc2ccccc2)c1=O. The largest absolute Gasteiger partial charge is 0.314 e. The van der Waals surface area contributed by atoms with Crippen molar-refractivity contribution in [2.75, 3.05) is 0 Å². The van der Waals surface area contributed by atoms with E-state index in [2.05, 4.69) is 12.1 Å². The quantitative estimate of drug-likeness (QED) is 0.768. The van der Waals surface area contributed by atoms with Gasteiger partial charge in [-0.3, -0.25) is 4.79 Å². The number of unbranched alkanes of at least 4 members (excludes halogenated alkanes) is 1. The summed E-state index contributed by atoms with van der Waals surface area (Å²) in [5.41, 5.74) is 1.34. The lowest BCUT2D eigenvalue weighted by Gasteiger charge is -2.05. The van der Waals surface area contributed by atoms with Gasteiger partial charge in [-0.15, -0.1) is 0 Å². The van der Waals surface area contributed by atoms with Crippen molar-refractivity contribution >= 4 is 0 Å². The molecule has 0 fully saturated rings. The Kier molecular flexibility index (Phi) is 4.52. The molecule has 2 rings (SSSR count). The molecule has 3 nitrogen and oxygen atoms in total. The van der Waals surface area contributed by atoms with E-state index in [1.54, 1.807) is 22.9 Å². The molecule has 0 N–H and O–H groups in total. The van der Waals surface area contributed by atoms with Crippen molar-refractivity contribution in [3.63, 3.8) is 0 Å². The summed E-state index contributed by atoms with van der Waals surface area (Å²) in [7, 11) is 0. The van der Waals surface area contributed by atoms with Crippen LogP contribution in [0, 0.1) is 11.3 Å². The first-order valence-electron chi connectivity index (χ1n) is 6.45. The van der Waals surface area contributed by atoms with Gasteiger partial charge < -0.3 is 4.57 Å². The third-order valence-electron chi connectivity index (χ3n) is 3.10. The molecule has 19 heavy (non-hydrogen) atoms. The summed E-state index contributed by atoms with van der Waals surface area (Å²) >= 11 is 0. The van der Waals surface area contributed by atoms with Gasteiger partial charge in [0.15, 0.2) is 0 Å². The summed E-state index contributed by atoms with van der Waals surface area (Å²) in [5.74, 6) is 0. The zero-order valence-electron chi connectivity index (χ0n) is 10.7. The van der Waals surface area contributed by atoms with Crippen LogP contribution in [0.5, 0.6) is 0 Å². The first kappa shape index (κ1) is 13.1. The molecule has 96 valence electrons. The molecule has 0 spiro atoms. The van der Waals surface area contributed by atoms with E-state index in [0.29, 0.717) is 6.54 Å². The summed E-state index contributed by atoms with van der Waals surface area (Å²) in [6, 6.07) is 15.5. The van der Waals surface area contributed by atoms with Crippen molar-refractivity contribution in [2.24, 2.45) is 0 Å². The number of benzene rings is 1. The van der Waals surface area contributed by atoms with Gasteiger partial charge in [0.2, 0.25) is 0 Å². The molecule has 2 aromatic rings. The fraction of sp³-hybridized carbons (Fsp3) is 0.250. The molecule has 0 atom stereocenters. The van der Waals surface area contributed by atoms with Crippen LogP contribution in [0.3, 0.4) is 0 Å². The Morgan fingerprint density at radius 3 is 2.58 bits per heavy atom. The van der Waals surface area contributed by atoms with Crippen LogP contribution in [0.25, 0.3) is 0 Å². The monoisotopic (exact) mass is 252 g/mol. The number of aromatic nitrogens is 1. The minimum absolute atomic E-state index is 0.190. The van der Waals surface area contributed by atoms with Gasteiger partial charge in [0, 0.05) is 12.7 Å². The van der Waals surface area contributed by atoms with Crippen molar-refractivity contribution in [3.05, 3.63) is 70.1 Å². The van der Waals surface area contributed by atoms with E-state index < -0.39 is 0 Å². The number of rotatable bonds is 5. The van der Waals surface area contributed by atoms with Gasteiger partial charge in [-0.1, -0.05) is 30.3 Å². The zero-order valence-corrected chi connectivity index (χ0v) is 10.7. The Bertz CT molecular complexity index is 623. The molecule has 1 aromatic heterocycles. The van der Waals surface area contributed by atoms with Crippen molar-refractivity contribution < 1.29 is 0 Å². The second kappa shape index (κ2) is 6.55. The molecule has 0 aliphatic heterocycles. The van der Waals surface area contributed by atoms with E-state index in [1.165, 1.54) is 5.56 Å². The average molecular weight is 252 g/mol. The molecule has 0 aliphatic rings. The van der Waals surface area contributed by atoms with Crippen molar-refractivity contribution in [1.82, 2.24) is 4.57 Å². The molecular formula is C16H16N2O. The first-order chi connectivity index (χ1) is 9.31. The lowest BCUT2D eigenvalue weighted by molar-refractivity contribution is 0.593. The van der Waals surface area contributed by atoms with E-state index >= 15 is 0 Å². The van der Waals surface area contributed by atoms with E-state index in [9.17, 15) is 4.79 Å². The Balaban J connectivity index is 1.87. The third kappa shape index (κ3) is 3.56. The van der Waals surface area contributed by atoms with Crippen LogP contribution in [0.2, 0.25) is 0 Å². The van der Waals surface area contributed by atoms with Crippen molar-refractivity contribution in [1.29, 1.82) is 5.26 Å². The molecule has 1 heterocycles. The molecule has 0 unspecified atom stereocenters. The van der Waals surface area contributed by atoms with Crippen molar-refractivity contribution in [3.8, 4) is 6.07 Å². The second-order valence-electron chi connectivity index (χ2n) is 4.47. The third-order valence-corrected chi connectivity index (χ3v) is 3.10. The molecule has 0 saturated carbocycles. The van der Waals surface area contributed by atoms with Crippen LogP contribution in [-0.4, -0.2) is 4.57 Å². The molecule has 0 aliphatic carbocycles. The zero-order chi connectivity index (χ0) is 13.5. The predicted octanol–water partition coefficient (Wildman–Crippen LogP) is 2.74. The van der Waals surface area contributed by atoms with Crippen LogP contribution in [-0.2, 0) is 13.0 Å². The maximum Gasteiger partial charge on any atom is 0.268 e. The van der Waals surface area contributed by atoms with Gasteiger partial charge in [0.25, 0.3) is 5.56 Å². The minimum Gasteiger partial charge on any atom is -0.314 e. The molecule has 0 amide bonds. The normalized spacial score (nSPS) is 10.1. The molecule has 3 heteroatoms. The van der Waals surface area contributed by atoms with Gasteiger partial charge >= 0.3 is 0 Å². The summed E-state index contributed by atoms with van der Waals surface area (Å²) in [6.07, 6.45) is 4.73. The van der Waals surface area contributed by atoms with Crippen LogP contribution in [0.4, 0.5) is 0 Å². The number of aryl methyl sites for hydroxylation is 2. The Labute approximate surface area is 112 Å². The van der Waals surface area contributed by atoms with Crippen LogP contribution in [0.15, 0.2) is 53.5 Å². The Morgan fingerprint density at radius 1 is 1.05 bits per heavy atom. The number of hydrogen-bond donors (Lipinski definition) is 0. The lowest BCUT2D eigenvalue weighted by atomic mass is 10.1. The summed E-state index contributed by atoms with van der Waals surface area (Å²) in [6.45, 7) is 0.668. The number of nitrogens with zero attached hydrogens (tertiary/aromatic N) is 2. The van der Waals surface area contributed by atoms with Gasteiger partial charge in [0.1, 0.15) is 11.6 Å². The van der Waals surface area contributed by atoms with Crippen LogP contribution < -0.4 is 5.56 Å². The predicted molar refractivity (Wildman–Crippen MR) is 74.8 cm³/mol. The van der Waals surface area contributed by atoms with E-state index in [-0.39, 0.29) is 11.1 Å². The highest BCUT2D eigenvalue weighted by molar-refractivity contribution is 5.24. The van der Waals surface area contributed by atoms with E-state index in [1.807, 2.05) is 24.3 Å². The molecule has 0 bridgehead atoms. The second-order valence-corrected chi connectivity index (χ2v) is 4.47. The topological polar surface area (TPSA) is 45.8 Å². The number of pyridine rings is 1. The highest BCUT2D eigenvalue weighted by Gasteiger charge is 2.01. The van der Waals surface area contributed by atoms with Crippen LogP contribution in [0.1, 0.15) is 24.0 Å². The molecule has 0 saturated heterocycles. The van der Waals surface area contributed by atoms with Gasteiger partial charge in [-0.05, 0) is 37.0 Å². The Hall–Kier alpha value is -2.34. The summed E-state index contributed by atoms with van der Waals surface area (Å²) < 4.78 is 1.61. The molecule has 0 radical (unpaired) electrons. The van der Waals surface area contributed by atoms with Gasteiger partial charge in [0.05, 0.1) is 0 Å². The van der Waals surface area contributed by atoms with E-state index in [4.69, 9.17) is 5.26 Å². The number of nitriles is 1. The maximum absolute atomic E-state index is 11.8. The van der Waals surface area contributed by atoms with Gasteiger partial charge in [-0.25, -0.2) is 0 Å². The van der Waals surface area contributed by atoms with Crippen molar-refractivity contribution in [2.45, 2.75) is 25.8 Å². The fourth-order valence-corrected chi connectivity index (χ4v) is 2.05. The summed E-state index contributed by atoms with van der Waals surface area (Å²) in [5, 5.41) is 8.80. The molecule has 1 aromatic carbocycles. The number of hydrogen-bond acceptors (Lipinski definition) is 2. The smallest absolute Gasteiger partial charge is 0.268 e. The Morgan fingerprint density at radius 2 is 1.84 bits per heavy atom. The highest BCUT2D eigenvalue weighted by atomic mass is 16.1. The van der Waals surface area contributed by atoms with Gasteiger partial charge in [-0.2, -0.15) is 5.26 Å². The minimum atomic E-state index is -0.190. The first-order valence-corrected chi connectivity index (χ1v) is 6.45. The fourth-order valence-electron chi connectivity index (χ4n) is 2.05. The molecular weight excluding hydrogens is 236 g/mol. The van der Waals surface area contributed by atoms with E-state index in [0.717, 1.165) is 19.3 Å². The summed E-state index contributed by atoms with van der Waals surface area (Å²) in [4.78, 5) is 11.8. The lowest BCUT2D eigenvalue weighted by Crippen LogP contribution is -2.21. The highest BCUT2D eigenvalue weighted by Crippen LogP contribution is 2.05. The standard InChI is InChI=1S/C16H16N2O/c17-13-15-10-6-12-18(16(15)19)11-5-4-9-14-7-2-1-3-8-14/h1-3,6-8,10,12H,4-5,9,11H2.